The summed E-state index contributed by atoms with van der Waals surface area (Å²) in [7, 11) is 0. The summed E-state index contributed by atoms with van der Waals surface area (Å²) >= 11 is 19.3. The lowest BCUT2D eigenvalue weighted by Gasteiger charge is -2.08. The zero-order valence-electron chi connectivity index (χ0n) is 17.7. The predicted octanol–water partition coefficient (Wildman–Crippen LogP) is 9.47. The zero-order chi connectivity index (χ0) is 22.2. The van der Waals surface area contributed by atoms with Crippen LogP contribution in [0.1, 0.15) is 25.7 Å². The Morgan fingerprint density at radius 2 is 0.938 bits per heavy atom. The highest BCUT2D eigenvalue weighted by Crippen LogP contribution is 2.38. The SMILES string of the molecule is ClCCCCn1c2ccc(Br)cc2c2cc3c(cc21)c1cc(Br)ccc1n3CCCCCl. The molecule has 0 fully saturated rings. The molecule has 0 saturated carbocycles. The lowest BCUT2D eigenvalue weighted by atomic mass is 10.1. The maximum Gasteiger partial charge on any atom is 0.0499 e. The molecule has 0 aliphatic heterocycles. The monoisotopic (exact) mass is 592 g/mol. The van der Waals surface area contributed by atoms with Crippen LogP contribution in [-0.4, -0.2) is 20.9 Å². The number of alkyl halides is 2. The first-order chi connectivity index (χ1) is 15.6. The molecule has 0 radical (unpaired) electrons. The summed E-state index contributed by atoms with van der Waals surface area (Å²) in [4.78, 5) is 0. The van der Waals surface area contributed by atoms with Crippen LogP contribution in [0.2, 0.25) is 0 Å². The third-order valence-electron chi connectivity index (χ3n) is 6.31. The van der Waals surface area contributed by atoms with Gasteiger partial charge >= 0.3 is 0 Å². The third-order valence-corrected chi connectivity index (χ3v) is 7.83. The molecule has 2 nitrogen and oxygen atoms in total. The maximum atomic E-state index is 5.98. The van der Waals surface area contributed by atoms with Gasteiger partial charge in [0.15, 0.2) is 0 Å². The molecule has 5 rings (SSSR count). The Kier molecular flexibility index (Phi) is 6.76. The highest BCUT2D eigenvalue weighted by molar-refractivity contribution is 9.10. The minimum absolute atomic E-state index is 0.705. The van der Waals surface area contributed by atoms with Crippen molar-refractivity contribution in [1.29, 1.82) is 0 Å². The number of fused-ring (bicyclic) bond motifs is 6. The summed E-state index contributed by atoms with van der Waals surface area (Å²) in [6, 6.07) is 18.0. The summed E-state index contributed by atoms with van der Waals surface area (Å²) in [6.07, 6.45) is 4.19. The van der Waals surface area contributed by atoms with Crippen LogP contribution in [-0.2, 0) is 13.1 Å². The van der Waals surface area contributed by atoms with E-state index in [0.29, 0.717) is 11.8 Å². The number of hydrogen-bond acceptors (Lipinski definition) is 0. The molecule has 5 aromatic rings. The number of rotatable bonds is 8. The highest BCUT2D eigenvalue weighted by Gasteiger charge is 2.17. The van der Waals surface area contributed by atoms with Crippen molar-refractivity contribution in [2.45, 2.75) is 38.8 Å². The second-order valence-corrected chi connectivity index (χ2v) is 10.9. The summed E-state index contributed by atoms with van der Waals surface area (Å²) in [6.45, 7) is 1.94. The van der Waals surface area contributed by atoms with Gasteiger partial charge in [0, 0.05) is 77.4 Å². The van der Waals surface area contributed by atoms with E-state index in [1.165, 1.54) is 43.6 Å². The average molecular weight is 595 g/mol. The number of aromatic nitrogens is 2. The molecule has 0 amide bonds. The Morgan fingerprint density at radius 3 is 1.34 bits per heavy atom. The van der Waals surface area contributed by atoms with E-state index in [0.717, 1.165) is 47.7 Å². The second kappa shape index (κ2) is 9.58. The van der Waals surface area contributed by atoms with Crippen molar-refractivity contribution < 1.29 is 0 Å². The molecule has 0 aliphatic carbocycles. The van der Waals surface area contributed by atoms with Crippen molar-refractivity contribution in [3.8, 4) is 0 Å². The van der Waals surface area contributed by atoms with Gasteiger partial charge in [0.25, 0.3) is 0 Å². The van der Waals surface area contributed by atoms with Crippen molar-refractivity contribution in [2.24, 2.45) is 0 Å². The van der Waals surface area contributed by atoms with Crippen molar-refractivity contribution in [1.82, 2.24) is 9.13 Å². The normalized spacial score (nSPS) is 12.1. The van der Waals surface area contributed by atoms with Crippen LogP contribution in [0.15, 0.2) is 57.5 Å². The van der Waals surface area contributed by atoms with Gasteiger partial charge in [-0.15, -0.1) is 23.2 Å². The predicted molar refractivity (Wildman–Crippen MR) is 148 cm³/mol. The van der Waals surface area contributed by atoms with Crippen LogP contribution in [0.25, 0.3) is 43.6 Å². The van der Waals surface area contributed by atoms with Crippen molar-refractivity contribution in [3.63, 3.8) is 0 Å². The highest BCUT2D eigenvalue weighted by atomic mass is 79.9. The molecule has 0 bridgehead atoms. The fourth-order valence-electron chi connectivity index (χ4n) is 4.84. The molecule has 166 valence electrons. The Bertz CT molecular complexity index is 1320. The summed E-state index contributed by atoms with van der Waals surface area (Å²) in [5, 5.41) is 5.20. The molecule has 0 N–H and O–H groups in total. The largest absolute Gasteiger partial charge is 0.340 e. The quantitative estimate of drug-likeness (QED) is 0.125. The van der Waals surface area contributed by atoms with Gasteiger partial charge in [-0.25, -0.2) is 0 Å². The van der Waals surface area contributed by atoms with Gasteiger partial charge in [0.1, 0.15) is 0 Å². The maximum absolute atomic E-state index is 5.98. The van der Waals surface area contributed by atoms with E-state index >= 15 is 0 Å². The smallest absolute Gasteiger partial charge is 0.0499 e. The van der Waals surface area contributed by atoms with Gasteiger partial charge in [-0.3, -0.25) is 0 Å². The van der Waals surface area contributed by atoms with E-state index in [1.54, 1.807) is 0 Å². The topological polar surface area (TPSA) is 9.86 Å². The molecule has 0 saturated heterocycles. The Balaban J connectivity index is 1.82. The van der Waals surface area contributed by atoms with Gasteiger partial charge in [0.05, 0.1) is 0 Å². The molecule has 0 unspecified atom stereocenters. The standard InChI is InChI=1S/C26H24Br2Cl2N2/c27-17-5-7-23-19(13-17)21-16-26-22(15-25(21)31(23)11-3-1-9-29)20-14-18(28)6-8-24(20)32(26)12-4-2-10-30/h5-8,13-16H,1-4,9-12H2. The van der Waals surface area contributed by atoms with Gasteiger partial charge in [-0.05, 0) is 74.2 Å². The fraction of sp³-hybridized carbons (Fsp3) is 0.308. The van der Waals surface area contributed by atoms with E-state index in [-0.39, 0.29) is 0 Å². The van der Waals surface area contributed by atoms with Crippen molar-refractivity contribution in [2.75, 3.05) is 11.8 Å². The first-order valence-electron chi connectivity index (χ1n) is 11.1. The minimum Gasteiger partial charge on any atom is -0.340 e. The molecule has 6 heteroatoms. The Hall–Kier alpha value is -1.20. The summed E-state index contributed by atoms with van der Waals surface area (Å²) < 4.78 is 7.16. The first kappa shape index (κ1) is 22.6. The number of nitrogens with zero attached hydrogens (tertiary/aromatic N) is 2. The van der Waals surface area contributed by atoms with Gasteiger partial charge < -0.3 is 9.13 Å². The fourth-order valence-corrected chi connectivity index (χ4v) is 5.94. The van der Waals surface area contributed by atoms with E-state index in [1.807, 2.05) is 0 Å². The Morgan fingerprint density at radius 1 is 0.531 bits per heavy atom. The summed E-state index contributed by atoms with van der Waals surface area (Å²) in [5.41, 5.74) is 5.15. The third kappa shape index (κ3) is 3.98. The number of aryl methyl sites for hydroxylation is 2. The van der Waals surface area contributed by atoms with Crippen molar-refractivity contribution in [3.05, 3.63) is 57.5 Å². The number of unbranched alkanes of at least 4 members (excludes halogenated alkanes) is 2. The minimum atomic E-state index is 0.705. The van der Waals surface area contributed by atoms with E-state index in [2.05, 4.69) is 89.5 Å². The van der Waals surface area contributed by atoms with Gasteiger partial charge in [0.2, 0.25) is 0 Å². The molecular weight excluding hydrogens is 571 g/mol. The molecule has 2 heterocycles. The number of benzene rings is 3. The molecule has 3 aromatic carbocycles. The number of hydrogen-bond donors (Lipinski definition) is 0. The van der Waals surface area contributed by atoms with Gasteiger partial charge in [-0.2, -0.15) is 0 Å². The van der Waals surface area contributed by atoms with Crippen LogP contribution < -0.4 is 0 Å². The summed E-state index contributed by atoms with van der Waals surface area (Å²) in [5.74, 6) is 1.41. The van der Waals surface area contributed by atoms with Crippen LogP contribution in [0.4, 0.5) is 0 Å². The van der Waals surface area contributed by atoms with Crippen LogP contribution in [0, 0.1) is 0 Å². The molecular formula is C26H24Br2Cl2N2. The van der Waals surface area contributed by atoms with Gasteiger partial charge in [-0.1, -0.05) is 31.9 Å². The molecule has 32 heavy (non-hydrogen) atoms. The number of halogens is 4. The lowest BCUT2D eigenvalue weighted by Crippen LogP contribution is -1.99. The van der Waals surface area contributed by atoms with E-state index in [9.17, 15) is 0 Å². The zero-order valence-corrected chi connectivity index (χ0v) is 22.4. The Labute approximate surface area is 214 Å². The van der Waals surface area contributed by atoms with E-state index < -0.39 is 0 Å². The second-order valence-electron chi connectivity index (χ2n) is 8.30. The first-order valence-corrected chi connectivity index (χ1v) is 13.7. The van der Waals surface area contributed by atoms with Crippen LogP contribution in [0.5, 0.6) is 0 Å². The molecule has 0 spiro atoms. The van der Waals surface area contributed by atoms with Crippen LogP contribution in [0.3, 0.4) is 0 Å². The molecule has 0 aliphatic rings. The lowest BCUT2D eigenvalue weighted by molar-refractivity contribution is 0.666. The van der Waals surface area contributed by atoms with Crippen LogP contribution >= 0.6 is 55.1 Å². The molecule has 2 aromatic heterocycles. The van der Waals surface area contributed by atoms with E-state index in [4.69, 9.17) is 23.2 Å². The van der Waals surface area contributed by atoms with Crippen molar-refractivity contribution >= 4 is 98.7 Å². The molecule has 0 atom stereocenters. The average Bonchev–Trinajstić information content (AvgIpc) is 3.25.